The topological polar surface area (TPSA) is 100 Å². The molecule has 0 atom stereocenters. The highest BCUT2D eigenvalue weighted by Crippen LogP contribution is 2.23. The maximum atomic E-state index is 12.3. The molecule has 0 aliphatic carbocycles. The number of aromatic nitrogens is 3. The lowest BCUT2D eigenvalue weighted by Crippen LogP contribution is -2.27. The minimum atomic E-state index is -1.15. The molecule has 0 spiro atoms. The molecule has 3 rings (SSSR count). The second kappa shape index (κ2) is 6.43. The second-order valence-corrected chi connectivity index (χ2v) is 6.13. The highest BCUT2D eigenvalue weighted by molar-refractivity contribution is 5.95. The Labute approximate surface area is 144 Å². The monoisotopic (exact) mass is 340 g/mol. The number of aryl methyl sites for hydroxylation is 3. The number of fused-ring (bicyclic) bond motifs is 1. The van der Waals surface area contributed by atoms with Crippen molar-refractivity contribution in [3.05, 3.63) is 52.5 Å². The van der Waals surface area contributed by atoms with Crippen LogP contribution in [0, 0.1) is 13.8 Å². The summed E-state index contributed by atoms with van der Waals surface area (Å²) in [7, 11) is 1.55. The van der Waals surface area contributed by atoms with Crippen LogP contribution in [0.5, 0.6) is 0 Å². The average Bonchev–Trinajstić information content (AvgIpc) is 3.08. The highest BCUT2D eigenvalue weighted by Gasteiger charge is 2.17. The lowest BCUT2D eigenvalue weighted by atomic mass is 10.1. The van der Waals surface area contributed by atoms with Crippen LogP contribution in [0.15, 0.2) is 24.3 Å². The molecule has 3 aromatic rings. The van der Waals surface area contributed by atoms with Crippen molar-refractivity contribution in [3.63, 3.8) is 0 Å². The van der Waals surface area contributed by atoms with Crippen LogP contribution in [0.4, 0.5) is 0 Å². The van der Waals surface area contributed by atoms with E-state index in [4.69, 9.17) is 5.11 Å². The predicted molar refractivity (Wildman–Crippen MR) is 94.0 cm³/mol. The predicted octanol–water partition coefficient (Wildman–Crippen LogP) is 2.19. The summed E-state index contributed by atoms with van der Waals surface area (Å²) in [5.74, 6) is -1.49. The summed E-state index contributed by atoms with van der Waals surface area (Å²) >= 11 is 0. The van der Waals surface area contributed by atoms with Gasteiger partial charge < -0.3 is 15.4 Å². The number of rotatable bonds is 5. The van der Waals surface area contributed by atoms with Crippen LogP contribution in [0.25, 0.3) is 10.9 Å². The summed E-state index contributed by atoms with van der Waals surface area (Å²) < 4.78 is 1.28. The number of nitrogens with zero attached hydrogens (tertiary/aromatic N) is 2. The summed E-state index contributed by atoms with van der Waals surface area (Å²) in [6.07, 6.45) is 0.685. The molecule has 0 bridgehead atoms. The Hall–Kier alpha value is -3.09. The molecule has 0 unspecified atom stereocenters. The quantitative estimate of drug-likeness (QED) is 0.663. The van der Waals surface area contributed by atoms with Gasteiger partial charge in [-0.2, -0.15) is 5.10 Å². The van der Waals surface area contributed by atoms with Crippen molar-refractivity contribution in [2.45, 2.75) is 20.3 Å². The number of aromatic carboxylic acids is 1. The van der Waals surface area contributed by atoms with Crippen LogP contribution in [0.3, 0.4) is 0 Å². The fraction of sp³-hybridized carbons (Fsp3) is 0.278. The Balaban J connectivity index is 1.71. The van der Waals surface area contributed by atoms with Gasteiger partial charge in [0.1, 0.15) is 5.69 Å². The lowest BCUT2D eigenvalue weighted by Gasteiger charge is -2.06. The Kier molecular flexibility index (Phi) is 4.31. The average molecular weight is 340 g/mol. The molecule has 0 radical (unpaired) electrons. The van der Waals surface area contributed by atoms with Gasteiger partial charge in [0.2, 0.25) is 0 Å². The third kappa shape index (κ3) is 3.26. The van der Waals surface area contributed by atoms with E-state index in [0.717, 1.165) is 11.2 Å². The first-order valence-electron chi connectivity index (χ1n) is 8.00. The van der Waals surface area contributed by atoms with Crippen LogP contribution < -0.4 is 5.32 Å². The smallest absolute Gasteiger partial charge is 0.356 e. The van der Waals surface area contributed by atoms with Gasteiger partial charge >= 0.3 is 5.97 Å². The van der Waals surface area contributed by atoms with Gasteiger partial charge in [0.25, 0.3) is 5.91 Å². The van der Waals surface area contributed by atoms with Crippen molar-refractivity contribution in [1.29, 1.82) is 0 Å². The molecule has 0 aliphatic rings. The maximum absolute atomic E-state index is 12.3. The number of amides is 1. The zero-order valence-electron chi connectivity index (χ0n) is 14.4. The molecule has 7 nitrogen and oxygen atoms in total. The number of carboxylic acid groups (broad SMARTS) is 1. The minimum Gasteiger partial charge on any atom is -0.476 e. The van der Waals surface area contributed by atoms with Crippen LogP contribution in [0.2, 0.25) is 0 Å². The number of H-pyrrole nitrogens is 1. The van der Waals surface area contributed by atoms with E-state index in [1.807, 2.05) is 6.92 Å². The van der Waals surface area contributed by atoms with Crippen LogP contribution >= 0.6 is 0 Å². The van der Waals surface area contributed by atoms with E-state index in [2.05, 4.69) is 40.5 Å². The molecule has 1 amide bonds. The van der Waals surface area contributed by atoms with E-state index in [9.17, 15) is 9.59 Å². The molecule has 0 saturated carbocycles. The fourth-order valence-electron chi connectivity index (χ4n) is 2.99. The van der Waals surface area contributed by atoms with Crippen molar-refractivity contribution in [3.8, 4) is 0 Å². The summed E-state index contributed by atoms with van der Waals surface area (Å²) in [6.45, 7) is 4.52. The number of carbonyl (C=O) groups excluding carboxylic acids is 1. The maximum Gasteiger partial charge on any atom is 0.356 e. The molecule has 3 N–H and O–H groups in total. The molecule has 2 aromatic heterocycles. The van der Waals surface area contributed by atoms with Gasteiger partial charge in [-0.25, -0.2) is 4.79 Å². The first-order chi connectivity index (χ1) is 11.9. The van der Waals surface area contributed by atoms with Crippen molar-refractivity contribution < 1.29 is 14.7 Å². The zero-order valence-corrected chi connectivity index (χ0v) is 14.4. The van der Waals surface area contributed by atoms with Crippen molar-refractivity contribution in [2.24, 2.45) is 7.05 Å². The molecule has 7 heteroatoms. The molecule has 25 heavy (non-hydrogen) atoms. The van der Waals surface area contributed by atoms with E-state index in [-0.39, 0.29) is 17.3 Å². The van der Waals surface area contributed by atoms with E-state index in [1.165, 1.54) is 27.3 Å². The number of benzene rings is 1. The van der Waals surface area contributed by atoms with Crippen molar-refractivity contribution in [2.75, 3.05) is 6.54 Å². The van der Waals surface area contributed by atoms with Gasteiger partial charge in [-0.05, 0) is 38.0 Å². The van der Waals surface area contributed by atoms with Crippen molar-refractivity contribution in [1.82, 2.24) is 20.1 Å². The van der Waals surface area contributed by atoms with Gasteiger partial charge in [-0.15, -0.1) is 0 Å². The number of carboxylic acids is 1. The summed E-state index contributed by atoms with van der Waals surface area (Å²) in [4.78, 5) is 26.6. The van der Waals surface area contributed by atoms with Crippen LogP contribution in [0.1, 0.15) is 37.8 Å². The van der Waals surface area contributed by atoms with E-state index in [0.29, 0.717) is 13.0 Å². The van der Waals surface area contributed by atoms with E-state index in [1.54, 1.807) is 7.05 Å². The number of carbonyl (C=O) groups is 2. The fourth-order valence-corrected chi connectivity index (χ4v) is 2.99. The summed E-state index contributed by atoms with van der Waals surface area (Å²) in [5.41, 5.74) is 4.62. The second-order valence-electron chi connectivity index (χ2n) is 6.13. The van der Waals surface area contributed by atoms with Crippen LogP contribution in [-0.4, -0.2) is 38.3 Å². The first kappa shape index (κ1) is 16.8. The standard InChI is InChI=1S/C18H20N4O3/c1-10-4-5-14-13(8-10)12(11(2)20-14)6-7-19-17(23)16-9-15(18(24)25)21-22(16)3/h4-5,8-9,20H,6-7H2,1-3H3,(H,19,23)(H,24,25). The molecular formula is C18H20N4O3. The Morgan fingerprint density at radius 3 is 2.72 bits per heavy atom. The minimum absolute atomic E-state index is 0.143. The third-order valence-corrected chi connectivity index (χ3v) is 4.27. The van der Waals surface area contributed by atoms with E-state index < -0.39 is 5.97 Å². The SMILES string of the molecule is Cc1ccc2[nH]c(C)c(CCNC(=O)c3cc(C(=O)O)nn3C)c2c1. The molecule has 1 aromatic carbocycles. The summed E-state index contributed by atoms with van der Waals surface area (Å²) in [6, 6.07) is 7.53. The Morgan fingerprint density at radius 2 is 2.04 bits per heavy atom. The van der Waals surface area contributed by atoms with Gasteiger partial charge in [0.05, 0.1) is 0 Å². The summed E-state index contributed by atoms with van der Waals surface area (Å²) in [5, 5.41) is 16.8. The van der Waals surface area contributed by atoms with Crippen LogP contribution in [-0.2, 0) is 13.5 Å². The lowest BCUT2D eigenvalue weighted by molar-refractivity contribution is 0.0689. The number of aromatic amines is 1. The molecule has 2 heterocycles. The highest BCUT2D eigenvalue weighted by atomic mass is 16.4. The number of hydrogen-bond acceptors (Lipinski definition) is 3. The van der Waals surface area contributed by atoms with Gasteiger partial charge in [0.15, 0.2) is 5.69 Å². The van der Waals surface area contributed by atoms with Gasteiger partial charge in [-0.3, -0.25) is 9.48 Å². The van der Waals surface area contributed by atoms with E-state index >= 15 is 0 Å². The Bertz CT molecular complexity index is 968. The number of nitrogens with one attached hydrogen (secondary N) is 2. The molecule has 130 valence electrons. The largest absolute Gasteiger partial charge is 0.476 e. The molecular weight excluding hydrogens is 320 g/mol. The Morgan fingerprint density at radius 1 is 1.28 bits per heavy atom. The molecule has 0 aliphatic heterocycles. The molecule has 0 saturated heterocycles. The third-order valence-electron chi connectivity index (χ3n) is 4.27. The normalized spacial score (nSPS) is 11.0. The zero-order chi connectivity index (χ0) is 18.1. The van der Waals surface area contributed by atoms with Gasteiger partial charge in [0, 0.05) is 36.3 Å². The first-order valence-corrected chi connectivity index (χ1v) is 8.00. The van der Waals surface area contributed by atoms with Crippen molar-refractivity contribution >= 4 is 22.8 Å². The number of hydrogen-bond donors (Lipinski definition) is 3. The molecule has 0 fully saturated rings. The van der Waals surface area contributed by atoms with Gasteiger partial charge in [-0.1, -0.05) is 11.6 Å².